The molecule has 128 valence electrons. The number of hydrogen-bond donors (Lipinski definition) is 0. The summed E-state index contributed by atoms with van der Waals surface area (Å²) in [6.45, 7) is 3.00. The van der Waals surface area contributed by atoms with Crippen LogP contribution < -0.4 is 0 Å². The van der Waals surface area contributed by atoms with Gasteiger partial charge in [0.05, 0.1) is 0 Å². The minimum Gasteiger partial charge on any atom is -0.361 e. The van der Waals surface area contributed by atoms with E-state index in [1.807, 2.05) is 13.0 Å². The first-order valence-corrected chi connectivity index (χ1v) is 8.87. The van der Waals surface area contributed by atoms with Gasteiger partial charge in [-0.1, -0.05) is 40.6 Å². The molecule has 0 saturated carbocycles. The second-order valence-corrected chi connectivity index (χ2v) is 7.00. The Morgan fingerprint density at radius 2 is 2.00 bits per heavy atom. The lowest BCUT2D eigenvalue weighted by atomic mass is 9.94. The Balaban J connectivity index is 1.45. The fourth-order valence-corrected chi connectivity index (χ4v) is 4.40. The van der Waals surface area contributed by atoms with Crippen LogP contribution in [0.15, 0.2) is 45.4 Å². The summed E-state index contributed by atoms with van der Waals surface area (Å²) in [5.41, 5.74) is 1.99. The van der Waals surface area contributed by atoms with Crippen LogP contribution >= 0.6 is 0 Å². The topological polar surface area (TPSA) is 68.2 Å². The Morgan fingerprint density at radius 1 is 1.12 bits per heavy atom. The number of nitrogens with zero attached hydrogens (tertiary/aromatic N) is 4. The molecule has 4 heterocycles. The van der Waals surface area contributed by atoms with E-state index in [1.54, 1.807) is 0 Å². The summed E-state index contributed by atoms with van der Waals surface area (Å²) in [5.74, 6) is 2.28. The number of rotatable bonds is 3. The Hall–Kier alpha value is -2.47. The summed E-state index contributed by atoms with van der Waals surface area (Å²) in [4.78, 5) is 7.26. The molecule has 0 amide bonds. The minimum atomic E-state index is 0.304. The standard InChI is InChI=1S/C19H20N4O2/c1-12-10-15(21-24-12)19-20-18(22-25-19)14-11-17(13-6-3-2-4-7-13)23-9-5-8-16(14)23/h2-4,6-7,10,14,16-17H,5,8-9,11H2,1H3/t14-,16+,17-/m1/s1. The summed E-state index contributed by atoms with van der Waals surface area (Å²) in [5, 5.41) is 8.25. The third kappa shape index (κ3) is 2.48. The predicted octanol–water partition coefficient (Wildman–Crippen LogP) is 3.73. The summed E-state index contributed by atoms with van der Waals surface area (Å²) < 4.78 is 10.6. The van der Waals surface area contributed by atoms with Crippen molar-refractivity contribution in [2.75, 3.05) is 6.54 Å². The average molecular weight is 336 g/mol. The van der Waals surface area contributed by atoms with Gasteiger partial charge in [0.1, 0.15) is 5.76 Å². The lowest BCUT2D eigenvalue weighted by molar-refractivity contribution is 0.243. The van der Waals surface area contributed by atoms with E-state index < -0.39 is 0 Å². The van der Waals surface area contributed by atoms with Gasteiger partial charge in [0.15, 0.2) is 11.5 Å². The minimum absolute atomic E-state index is 0.304. The van der Waals surface area contributed by atoms with Crippen LogP contribution in [-0.2, 0) is 0 Å². The molecule has 2 saturated heterocycles. The second-order valence-electron chi connectivity index (χ2n) is 7.00. The molecule has 3 atom stereocenters. The molecule has 2 aromatic heterocycles. The van der Waals surface area contributed by atoms with Gasteiger partial charge in [-0.25, -0.2) is 0 Å². The number of aryl methyl sites for hydroxylation is 1. The van der Waals surface area contributed by atoms with E-state index in [9.17, 15) is 0 Å². The maximum atomic E-state index is 5.46. The van der Waals surface area contributed by atoms with E-state index in [1.165, 1.54) is 18.4 Å². The monoisotopic (exact) mass is 336 g/mol. The van der Waals surface area contributed by atoms with E-state index >= 15 is 0 Å². The van der Waals surface area contributed by atoms with Gasteiger partial charge in [-0.15, -0.1) is 0 Å². The largest absolute Gasteiger partial charge is 0.361 e. The highest BCUT2D eigenvalue weighted by Crippen LogP contribution is 2.48. The van der Waals surface area contributed by atoms with Crippen LogP contribution in [-0.4, -0.2) is 32.8 Å². The maximum Gasteiger partial charge on any atom is 0.280 e. The van der Waals surface area contributed by atoms with E-state index in [0.717, 1.165) is 24.6 Å². The molecule has 2 aliphatic heterocycles. The van der Waals surface area contributed by atoms with Gasteiger partial charge in [-0.3, -0.25) is 4.90 Å². The molecule has 6 nitrogen and oxygen atoms in total. The molecule has 6 heteroatoms. The van der Waals surface area contributed by atoms with E-state index in [4.69, 9.17) is 9.05 Å². The molecule has 0 spiro atoms. The van der Waals surface area contributed by atoms with E-state index in [0.29, 0.717) is 29.6 Å². The fraction of sp³-hybridized carbons (Fsp3) is 0.421. The molecule has 0 bridgehead atoms. The van der Waals surface area contributed by atoms with Gasteiger partial charge in [-0.05, 0) is 38.3 Å². The van der Waals surface area contributed by atoms with Crippen LogP contribution in [0.5, 0.6) is 0 Å². The zero-order valence-corrected chi connectivity index (χ0v) is 14.1. The van der Waals surface area contributed by atoms with Gasteiger partial charge >= 0.3 is 0 Å². The predicted molar refractivity (Wildman–Crippen MR) is 90.8 cm³/mol. The van der Waals surface area contributed by atoms with Crippen molar-refractivity contribution in [3.63, 3.8) is 0 Å². The first-order chi connectivity index (χ1) is 12.3. The van der Waals surface area contributed by atoms with Crippen molar-refractivity contribution in [1.82, 2.24) is 20.2 Å². The third-order valence-electron chi connectivity index (χ3n) is 5.49. The molecular weight excluding hydrogens is 316 g/mol. The van der Waals surface area contributed by atoms with Gasteiger partial charge in [0, 0.05) is 24.1 Å². The smallest absolute Gasteiger partial charge is 0.280 e. The van der Waals surface area contributed by atoms with E-state index in [2.05, 4.69) is 50.5 Å². The number of fused-ring (bicyclic) bond motifs is 1. The van der Waals surface area contributed by atoms with Crippen molar-refractivity contribution in [2.24, 2.45) is 0 Å². The first kappa shape index (κ1) is 14.8. The molecule has 2 aliphatic rings. The summed E-state index contributed by atoms with van der Waals surface area (Å²) in [7, 11) is 0. The van der Waals surface area contributed by atoms with Gasteiger partial charge in [0.25, 0.3) is 5.89 Å². The van der Waals surface area contributed by atoms with Crippen LogP contribution in [0.3, 0.4) is 0 Å². The van der Waals surface area contributed by atoms with Crippen molar-refractivity contribution in [3.8, 4) is 11.6 Å². The molecule has 0 radical (unpaired) electrons. The maximum absolute atomic E-state index is 5.46. The molecule has 25 heavy (non-hydrogen) atoms. The second kappa shape index (κ2) is 5.81. The van der Waals surface area contributed by atoms with Crippen molar-refractivity contribution in [1.29, 1.82) is 0 Å². The normalized spacial score (nSPS) is 26.2. The highest BCUT2D eigenvalue weighted by molar-refractivity contribution is 5.45. The van der Waals surface area contributed by atoms with Crippen molar-refractivity contribution >= 4 is 0 Å². The molecule has 5 rings (SSSR count). The van der Waals surface area contributed by atoms with Gasteiger partial charge in [0.2, 0.25) is 0 Å². The Bertz CT molecular complexity index is 872. The van der Waals surface area contributed by atoms with Crippen LogP contribution in [0.1, 0.15) is 48.4 Å². The molecule has 0 N–H and O–H groups in total. The molecule has 0 aliphatic carbocycles. The van der Waals surface area contributed by atoms with Crippen LogP contribution in [0, 0.1) is 6.92 Å². The Kier molecular flexibility index (Phi) is 3.45. The molecule has 1 aromatic carbocycles. The van der Waals surface area contributed by atoms with Gasteiger partial charge < -0.3 is 9.05 Å². The Morgan fingerprint density at radius 3 is 2.80 bits per heavy atom. The molecule has 3 aromatic rings. The third-order valence-corrected chi connectivity index (χ3v) is 5.49. The summed E-state index contributed by atoms with van der Waals surface area (Å²) in [6.07, 6.45) is 3.46. The molecule has 0 unspecified atom stereocenters. The lowest BCUT2D eigenvalue weighted by Gasteiger charge is -2.24. The zero-order valence-electron chi connectivity index (χ0n) is 14.1. The van der Waals surface area contributed by atoms with Crippen molar-refractivity contribution in [3.05, 3.63) is 53.5 Å². The summed E-state index contributed by atoms with van der Waals surface area (Å²) >= 11 is 0. The number of hydrogen-bond acceptors (Lipinski definition) is 6. The molecule has 2 fully saturated rings. The zero-order chi connectivity index (χ0) is 16.8. The molecular formula is C19H20N4O2. The highest BCUT2D eigenvalue weighted by atomic mass is 16.5. The van der Waals surface area contributed by atoms with Crippen LogP contribution in [0.25, 0.3) is 11.6 Å². The first-order valence-electron chi connectivity index (χ1n) is 8.87. The van der Waals surface area contributed by atoms with Crippen molar-refractivity contribution in [2.45, 2.75) is 44.2 Å². The van der Waals surface area contributed by atoms with Crippen LogP contribution in [0.2, 0.25) is 0 Å². The number of aromatic nitrogens is 3. The number of benzene rings is 1. The fourth-order valence-electron chi connectivity index (χ4n) is 4.40. The van der Waals surface area contributed by atoms with Crippen molar-refractivity contribution < 1.29 is 9.05 Å². The van der Waals surface area contributed by atoms with Gasteiger partial charge in [-0.2, -0.15) is 4.98 Å². The highest BCUT2D eigenvalue weighted by Gasteiger charge is 2.46. The quantitative estimate of drug-likeness (QED) is 0.726. The average Bonchev–Trinajstić information content (AvgIpc) is 3.39. The summed E-state index contributed by atoms with van der Waals surface area (Å²) in [6, 6.07) is 13.5. The lowest BCUT2D eigenvalue weighted by Crippen LogP contribution is -2.27. The van der Waals surface area contributed by atoms with Crippen LogP contribution in [0.4, 0.5) is 0 Å². The SMILES string of the molecule is Cc1cc(-c2nc([C@@H]3C[C@H](c4ccccc4)N4CCC[C@@H]34)no2)no1. The Labute approximate surface area is 145 Å². The van der Waals surface area contributed by atoms with E-state index in [-0.39, 0.29) is 0 Å².